The third-order valence-corrected chi connectivity index (χ3v) is 29.6. The van der Waals surface area contributed by atoms with Gasteiger partial charge in [-0.05, 0) is 97.3 Å². The molecule has 2 aliphatic rings. The number of hydrogen-bond donors (Lipinski definition) is 0. The van der Waals surface area contributed by atoms with Crippen LogP contribution in [0.2, 0.25) is 54.4 Å². The van der Waals surface area contributed by atoms with Crippen molar-refractivity contribution in [3.05, 3.63) is 42.5 Å². The second-order valence-corrected chi connectivity index (χ2v) is 36.3. The largest absolute Gasteiger partial charge is 0.417 e. The molecule has 0 aliphatic carbocycles. The maximum Gasteiger partial charge on any atom is 0.192 e. The van der Waals surface area contributed by atoms with Crippen LogP contribution in [0.4, 0.5) is 0 Å². The second-order valence-electron chi connectivity index (χ2n) is 19.9. The van der Waals surface area contributed by atoms with Crippen molar-refractivity contribution in [2.24, 2.45) is 11.8 Å². The minimum atomic E-state index is -3.65. The zero-order chi connectivity index (χ0) is 42.3. The smallest absolute Gasteiger partial charge is 0.192 e. The standard InChI is InChI=1S/C44H82O8SSi3/c1-17-56(18-2,19-3)48-27-23-24-35-28-33(4)34(5)39(50-35)30-40-38(32-53(45,46)37-25-21-20-22-26-37)42(47-12)41(51-40)29-36(52-55(15,16)44(9,10)11)31-49-54(13,14)43(6,7)8/h20-22,25-26,33,35-36,38-42H,5,17-19,23-24,27-32H2,1-4,6-16H3/t33?,35?,36?,38-,39?,40-,41?,42+/m0/s1. The Balaban J connectivity index is 1.92. The quantitative estimate of drug-likeness (QED) is 0.0686. The summed E-state index contributed by atoms with van der Waals surface area (Å²) in [4.78, 5) is 0.314. The van der Waals surface area contributed by atoms with Gasteiger partial charge in [0.15, 0.2) is 34.8 Å². The van der Waals surface area contributed by atoms with Gasteiger partial charge in [0.05, 0.1) is 53.9 Å². The van der Waals surface area contributed by atoms with Crippen molar-refractivity contribution in [1.29, 1.82) is 0 Å². The molecule has 0 spiro atoms. The van der Waals surface area contributed by atoms with Gasteiger partial charge in [-0.2, -0.15) is 0 Å². The van der Waals surface area contributed by atoms with Crippen molar-refractivity contribution < 1.29 is 35.9 Å². The van der Waals surface area contributed by atoms with E-state index in [4.69, 9.17) is 27.5 Å². The Morgan fingerprint density at radius 3 is 2.00 bits per heavy atom. The van der Waals surface area contributed by atoms with E-state index in [1.165, 1.54) is 0 Å². The molecule has 2 fully saturated rings. The lowest BCUT2D eigenvalue weighted by molar-refractivity contribution is -0.0759. The van der Waals surface area contributed by atoms with Crippen molar-refractivity contribution >= 4 is 34.8 Å². The summed E-state index contributed by atoms with van der Waals surface area (Å²) in [5, 5.41) is 0.0477. The normalized spacial score (nSPS) is 26.5. The molecule has 5 unspecified atom stereocenters. The Bertz CT molecular complexity index is 1460. The number of sulfone groups is 1. The lowest BCUT2D eigenvalue weighted by Crippen LogP contribution is -2.49. The van der Waals surface area contributed by atoms with Gasteiger partial charge in [0, 0.05) is 32.5 Å². The van der Waals surface area contributed by atoms with Crippen LogP contribution in [0.15, 0.2) is 47.4 Å². The molecule has 0 bridgehead atoms. The monoisotopic (exact) mass is 855 g/mol. The van der Waals surface area contributed by atoms with Crippen LogP contribution in [-0.4, -0.2) is 96.1 Å². The molecule has 8 atom stereocenters. The third-order valence-electron chi connectivity index (χ3n) is 14.1. The van der Waals surface area contributed by atoms with E-state index in [2.05, 4.69) is 102 Å². The van der Waals surface area contributed by atoms with Gasteiger partial charge in [0.25, 0.3) is 0 Å². The van der Waals surface area contributed by atoms with Crippen LogP contribution in [0.25, 0.3) is 0 Å². The summed E-state index contributed by atoms with van der Waals surface area (Å²) in [5.41, 5.74) is 1.06. The van der Waals surface area contributed by atoms with E-state index in [0.29, 0.717) is 24.3 Å². The first-order valence-electron chi connectivity index (χ1n) is 21.6. The number of hydrogen-bond acceptors (Lipinski definition) is 8. The number of rotatable bonds is 21. The molecule has 1 aromatic carbocycles. The fourth-order valence-corrected chi connectivity index (χ4v) is 14.6. The van der Waals surface area contributed by atoms with E-state index >= 15 is 0 Å². The van der Waals surface area contributed by atoms with Gasteiger partial charge in [-0.3, -0.25) is 0 Å². The van der Waals surface area contributed by atoms with Gasteiger partial charge in [-0.1, -0.05) is 94.0 Å². The fourth-order valence-electron chi connectivity index (χ4n) is 7.83. The maximum absolute atomic E-state index is 14.1. The van der Waals surface area contributed by atoms with Crippen LogP contribution in [0.3, 0.4) is 0 Å². The zero-order valence-corrected chi connectivity index (χ0v) is 42.0. The first kappa shape index (κ1) is 49.7. The molecule has 0 radical (unpaired) electrons. The molecule has 0 N–H and O–H groups in total. The Labute approximate surface area is 346 Å². The highest BCUT2D eigenvalue weighted by molar-refractivity contribution is 7.91. The van der Waals surface area contributed by atoms with Crippen LogP contribution in [-0.2, 0) is 37.3 Å². The summed E-state index contributed by atoms with van der Waals surface area (Å²) >= 11 is 0. The molecule has 8 nitrogen and oxygen atoms in total. The van der Waals surface area contributed by atoms with Crippen molar-refractivity contribution in [2.75, 3.05) is 26.1 Å². The first-order valence-corrected chi connectivity index (χ1v) is 31.6. The molecule has 3 rings (SSSR count). The topological polar surface area (TPSA) is 89.5 Å². The predicted molar refractivity (Wildman–Crippen MR) is 240 cm³/mol. The van der Waals surface area contributed by atoms with E-state index in [0.717, 1.165) is 49.6 Å². The summed E-state index contributed by atoms with van der Waals surface area (Å²) in [6.45, 7) is 37.4. The van der Waals surface area contributed by atoms with E-state index in [1.807, 2.05) is 6.07 Å². The average molecular weight is 855 g/mol. The molecular weight excluding hydrogens is 773 g/mol. The highest BCUT2D eigenvalue weighted by Crippen LogP contribution is 2.43. The van der Waals surface area contributed by atoms with E-state index < -0.39 is 52.9 Å². The summed E-state index contributed by atoms with van der Waals surface area (Å²) in [6.07, 6.45) is 2.22. The molecule has 56 heavy (non-hydrogen) atoms. The summed E-state index contributed by atoms with van der Waals surface area (Å²) in [5.74, 6) is -0.217. The number of benzene rings is 1. The molecule has 324 valence electrons. The van der Waals surface area contributed by atoms with Crippen LogP contribution < -0.4 is 0 Å². The van der Waals surface area contributed by atoms with Crippen molar-refractivity contribution in [2.45, 2.75) is 197 Å². The Morgan fingerprint density at radius 2 is 1.46 bits per heavy atom. The lowest BCUT2D eigenvalue weighted by atomic mass is 9.83. The van der Waals surface area contributed by atoms with Crippen LogP contribution in [0.5, 0.6) is 0 Å². The first-order chi connectivity index (χ1) is 25.9. The Hall–Kier alpha value is -0.679. The molecule has 0 saturated carbocycles. The Kier molecular flexibility index (Phi) is 18.0. The molecular formula is C44H82O8SSi3. The third kappa shape index (κ3) is 12.9. The highest BCUT2D eigenvalue weighted by atomic mass is 32.2. The summed E-state index contributed by atoms with van der Waals surface area (Å²) in [6, 6.07) is 12.2. The van der Waals surface area contributed by atoms with Gasteiger partial charge >= 0.3 is 0 Å². The minimum absolute atomic E-state index is 0.000640. The maximum atomic E-state index is 14.1. The lowest BCUT2D eigenvalue weighted by Gasteiger charge is -2.42. The van der Waals surface area contributed by atoms with Gasteiger partial charge in [-0.25, -0.2) is 8.42 Å². The summed E-state index contributed by atoms with van der Waals surface area (Å²) < 4.78 is 68.9. The molecule has 2 aliphatic heterocycles. The second kappa shape index (κ2) is 20.3. The van der Waals surface area contributed by atoms with Crippen molar-refractivity contribution in [3.8, 4) is 0 Å². The van der Waals surface area contributed by atoms with E-state index in [-0.39, 0.29) is 46.2 Å². The van der Waals surface area contributed by atoms with Crippen molar-refractivity contribution in [1.82, 2.24) is 0 Å². The van der Waals surface area contributed by atoms with Crippen LogP contribution in [0, 0.1) is 11.8 Å². The predicted octanol–water partition coefficient (Wildman–Crippen LogP) is 11.2. The summed E-state index contributed by atoms with van der Waals surface area (Å²) in [7, 11) is -7.92. The molecule has 0 aromatic heterocycles. The molecule has 1 aromatic rings. The molecule has 0 amide bonds. The average Bonchev–Trinajstić information content (AvgIpc) is 3.42. The van der Waals surface area contributed by atoms with E-state index in [1.54, 1.807) is 31.4 Å². The van der Waals surface area contributed by atoms with Gasteiger partial charge in [-0.15, -0.1) is 0 Å². The van der Waals surface area contributed by atoms with Gasteiger partial charge in [0.1, 0.15) is 0 Å². The molecule has 2 saturated heterocycles. The van der Waals surface area contributed by atoms with Gasteiger partial charge < -0.3 is 27.5 Å². The number of methoxy groups -OCH3 is 1. The fraction of sp³-hybridized carbons (Fsp3) is 0.818. The number of ether oxygens (including phenoxy) is 3. The van der Waals surface area contributed by atoms with Crippen LogP contribution >= 0.6 is 0 Å². The van der Waals surface area contributed by atoms with Crippen molar-refractivity contribution in [3.63, 3.8) is 0 Å². The van der Waals surface area contributed by atoms with Crippen LogP contribution in [0.1, 0.15) is 101 Å². The zero-order valence-electron chi connectivity index (χ0n) is 38.2. The van der Waals surface area contributed by atoms with E-state index in [9.17, 15) is 8.42 Å². The molecule has 2 heterocycles. The minimum Gasteiger partial charge on any atom is -0.417 e. The highest BCUT2D eigenvalue weighted by Gasteiger charge is 2.50. The SMILES string of the molecule is C=C1C(C)CC(CCCO[Si](CC)(CC)CC)OC1C[C@@H]1OC(CC(CO[Si](C)(C)C(C)(C)C)O[Si](C)(C)C(C)(C)C)[C@H](OC)[C@H]1CS(=O)(=O)c1ccccc1. The Morgan fingerprint density at radius 1 is 0.875 bits per heavy atom. The van der Waals surface area contributed by atoms with Gasteiger partial charge in [0.2, 0.25) is 0 Å². The molecule has 12 heteroatoms.